The van der Waals surface area contributed by atoms with Gasteiger partial charge in [-0.1, -0.05) is 36.2 Å². The highest BCUT2D eigenvalue weighted by atomic mass is 15.1. The first-order chi connectivity index (χ1) is 8.20. The van der Waals surface area contributed by atoms with Crippen LogP contribution in [0.2, 0.25) is 0 Å². The van der Waals surface area contributed by atoms with Crippen LogP contribution in [0.25, 0.3) is 0 Å². The van der Waals surface area contributed by atoms with E-state index in [1.54, 1.807) is 0 Å². The van der Waals surface area contributed by atoms with Crippen molar-refractivity contribution in [3.8, 4) is 0 Å². The van der Waals surface area contributed by atoms with Crippen molar-refractivity contribution in [2.45, 2.75) is 32.2 Å². The highest BCUT2D eigenvalue weighted by Crippen LogP contribution is 2.29. The molecule has 0 aromatic heterocycles. The first-order valence-electron chi connectivity index (χ1n) is 6.67. The number of aryl methyl sites for hydroxylation is 1. The Morgan fingerprint density at radius 1 is 1.29 bits per heavy atom. The summed E-state index contributed by atoms with van der Waals surface area (Å²) in [5, 5.41) is 0. The minimum Gasteiger partial charge on any atom is -0.329 e. The average molecular weight is 232 g/mol. The van der Waals surface area contributed by atoms with Crippen molar-refractivity contribution in [2.24, 2.45) is 11.7 Å². The number of nitrogens with two attached hydrogens (primary N) is 1. The second kappa shape index (κ2) is 5.65. The van der Waals surface area contributed by atoms with Gasteiger partial charge in [-0.3, -0.25) is 4.90 Å². The third kappa shape index (κ3) is 3.08. The fourth-order valence-electron chi connectivity index (χ4n) is 2.57. The molecule has 0 aliphatic heterocycles. The van der Waals surface area contributed by atoms with E-state index in [1.807, 2.05) is 0 Å². The maximum atomic E-state index is 5.94. The van der Waals surface area contributed by atoms with Gasteiger partial charge < -0.3 is 5.73 Å². The Morgan fingerprint density at radius 2 is 1.94 bits per heavy atom. The van der Waals surface area contributed by atoms with Crippen LogP contribution in [0.5, 0.6) is 0 Å². The van der Waals surface area contributed by atoms with E-state index in [-0.39, 0.29) is 0 Å². The maximum Gasteiger partial charge on any atom is 0.0467 e. The Kier molecular flexibility index (Phi) is 4.19. The van der Waals surface area contributed by atoms with Crippen LogP contribution in [-0.2, 0) is 0 Å². The van der Waals surface area contributed by atoms with E-state index in [2.05, 4.69) is 43.1 Å². The molecule has 1 aromatic carbocycles. The van der Waals surface area contributed by atoms with Gasteiger partial charge in [0.2, 0.25) is 0 Å². The van der Waals surface area contributed by atoms with Crippen LogP contribution >= 0.6 is 0 Å². The summed E-state index contributed by atoms with van der Waals surface area (Å²) in [6, 6.07) is 9.15. The Hall–Kier alpha value is -0.860. The quantitative estimate of drug-likeness (QED) is 0.846. The summed E-state index contributed by atoms with van der Waals surface area (Å²) in [6.07, 6.45) is 4.21. The maximum absolute atomic E-state index is 5.94. The number of hydrogen-bond acceptors (Lipinski definition) is 2. The van der Waals surface area contributed by atoms with Crippen molar-refractivity contribution >= 4 is 0 Å². The van der Waals surface area contributed by atoms with Gasteiger partial charge in [0, 0.05) is 19.1 Å². The SMILES string of the molecule is Cc1ccc(C(CN)N(C)CC2CCC2)cc1. The Balaban J connectivity index is 2.00. The molecule has 0 amide bonds. The normalized spacial score (nSPS) is 18.1. The highest BCUT2D eigenvalue weighted by Gasteiger charge is 2.23. The number of rotatable bonds is 5. The second-order valence-electron chi connectivity index (χ2n) is 5.40. The van der Waals surface area contributed by atoms with Crippen LogP contribution in [0.4, 0.5) is 0 Å². The zero-order valence-electron chi connectivity index (χ0n) is 11.0. The minimum absolute atomic E-state index is 0.371. The molecule has 1 aliphatic carbocycles. The molecule has 2 heteroatoms. The molecule has 2 N–H and O–H groups in total. The third-order valence-corrected chi connectivity index (χ3v) is 3.99. The molecular weight excluding hydrogens is 208 g/mol. The Morgan fingerprint density at radius 3 is 2.41 bits per heavy atom. The van der Waals surface area contributed by atoms with Crippen LogP contribution in [0.3, 0.4) is 0 Å². The monoisotopic (exact) mass is 232 g/mol. The lowest BCUT2D eigenvalue weighted by Gasteiger charge is -2.34. The molecule has 1 fully saturated rings. The van der Waals surface area contributed by atoms with Crippen LogP contribution in [-0.4, -0.2) is 25.0 Å². The van der Waals surface area contributed by atoms with E-state index in [0.29, 0.717) is 12.6 Å². The molecule has 2 rings (SSSR count). The lowest BCUT2D eigenvalue weighted by Crippen LogP contribution is -2.36. The van der Waals surface area contributed by atoms with Crippen LogP contribution in [0, 0.1) is 12.8 Å². The lowest BCUT2D eigenvalue weighted by atomic mass is 9.84. The predicted octanol–water partition coefficient (Wildman–Crippen LogP) is 2.73. The lowest BCUT2D eigenvalue weighted by molar-refractivity contribution is 0.165. The number of likely N-dealkylation sites (N-methyl/N-ethyl adjacent to an activating group) is 1. The summed E-state index contributed by atoms with van der Waals surface area (Å²) >= 11 is 0. The summed E-state index contributed by atoms with van der Waals surface area (Å²) in [5.41, 5.74) is 8.60. The van der Waals surface area contributed by atoms with Crippen LogP contribution < -0.4 is 5.73 Å². The van der Waals surface area contributed by atoms with Gasteiger partial charge in [-0.05, 0) is 38.3 Å². The van der Waals surface area contributed by atoms with Gasteiger partial charge in [0.05, 0.1) is 0 Å². The Bertz CT molecular complexity index is 340. The summed E-state index contributed by atoms with van der Waals surface area (Å²) in [6.45, 7) is 4.02. The number of nitrogens with zero attached hydrogens (tertiary/aromatic N) is 1. The highest BCUT2D eigenvalue weighted by molar-refractivity contribution is 5.24. The molecule has 17 heavy (non-hydrogen) atoms. The molecule has 1 aromatic rings. The van der Waals surface area contributed by atoms with Crippen molar-refractivity contribution in [1.29, 1.82) is 0 Å². The van der Waals surface area contributed by atoms with Crippen molar-refractivity contribution in [3.63, 3.8) is 0 Å². The van der Waals surface area contributed by atoms with Gasteiger partial charge in [-0.25, -0.2) is 0 Å². The summed E-state index contributed by atoms with van der Waals surface area (Å²) in [5.74, 6) is 0.902. The smallest absolute Gasteiger partial charge is 0.0467 e. The van der Waals surface area contributed by atoms with E-state index in [1.165, 1.54) is 36.9 Å². The van der Waals surface area contributed by atoms with E-state index in [0.717, 1.165) is 5.92 Å². The zero-order chi connectivity index (χ0) is 12.3. The molecule has 1 aliphatic rings. The molecule has 1 saturated carbocycles. The fourth-order valence-corrected chi connectivity index (χ4v) is 2.57. The fraction of sp³-hybridized carbons (Fsp3) is 0.600. The van der Waals surface area contributed by atoms with Gasteiger partial charge in [-0.15, -0.1) is 0 Å². The van der Waals surface area contributed by atoms with Gasteiger partial charge in [0.15, 0.2) is 0 Å². The van der Waals surface area contributed by atoms with Crippen LogP contribution in [0.1, 0.15) is 36.4 Å². The molecule has 1 atom stereocenters. The number of hydrogen-bond donors (Lipinski definition) is 1. The molecule has 0 bridgehead atoms. The predicted molar refractivity (Wildman–Crippen MR) is 72.9 cm³/mol. The van der Waals surface area contributed by atoms with Crippen LogP contribution in [0.15, 0.2) is 24.3 Å². The molecule has 0 spiro atoms. The summed E-state index contributed by atoms with van der Waals surface area (Å²) in [7, 11) is 2.20. The summed E-state index contributed by atoms with van der Waals surface area (Å²) in [4.78, 5) is 2.43. The van der Waals surface area contributed by atoms with Gasteiger partial charge in [-0.2, -0.15) is 0 Å². The first-order valence-corrected chi connectivity index (χ1v) is 6.67. The first kappa shape index (κ1) is 12.6. The van der Waals surface area contributed by atoms with Crippen molar-refractivity contribution < 1.29 is 0 Å². The molecule has 0 saturated heterocycles. The minimum atomic E-state index is 0.371. The van der Waals surface area contributed by atoms with E-state index in [9.17, 15) is 0 Å². The van der Waals surface area contributed by atoms with Crippen molar-refractivity contribution in [2.75, 3.05) is 20.1 Å². The molecule has 1 unspecified atom stereocenters. The van der Waals surface area contributed by atoms with E-state index in [4.69, 9.17) is 5.73 Å². The largest absolute Gasteiger partial charge is 0.329 e. The molecule has 0 heterocycles. The number of benzene rings is 1. The molecular formula is C15H24N2. The molecule has 0 radical (unpaired) electrons. The van der Waals surface area contributed by atoms with Gasteiger partial charge in [0.25, 0.3) is 0 Å². The molecule has 94 valence electrons. The second-order valence-corrected chi connectivity index (χ2v) is 5.40. The van der Waals surface area contributed by atoms with Gasteiger partial charge >= 0.3 is 0 Å². The average Bonchev–Trinajstić information content (AvgIpc) is 2.27. The van der Waals surface area contributed by atoms with Crippen molar-refractivity contribution in [3.05, 3.63) is 35.4 Å². The van der Waals surface area contributed by atoms with E-state index < -0.39 is 0 Å². The van der Waals surface area contributed by atoms with Crippen molar-refractivity contribution in [1.82, 2.24) is 4.90 Å². The third-order valence-electron chi connectivity index (χ3n) is 3.99. The summed E-state index contributed by atoms with van der Waals surface area (Å²) < 4.78 is 0. The Labute approximate surface area is 105 Å². The standard InChI is InChI=1S/C15H24N2/c1-12-6-8-14(9-7-12)15(10-16)17(2)11-13-4-3-5-13/h6-9,13,15H,3-5,10-11,16H2,1-2H3. The van der Waals surface area contributed by atoms with Gasteiger partial charge in [0.1, 0.15) is 0 Å². The zero-order valence-corrected chi connectivity index (χ0v) is 11.0. The van der Waals surface area contributed by atoms with E-state index >= 15 is 0 Å². The molecule has 2 nitrogen and oxygen atoms in total. The topological polar surface area (TPSA) is 29.3 Å².